The summed E-state index contributed by atoms with van der Waals surface area (Å²) >= 11 is 6.01. The number of benzene rings is 1. The quantitative estimate of drug-likeness (QED) is 0.811. The van der Waals surface area contributed by atoms with Crippen molar-refractivity contribution in [2.45, 2.75) is 25.7 Å². The maximum absolute atomic E-state index is 12.0. The Balaban J connectivity index is 1.98. The average Bonchev–Trinajstić information content (AvgIpc) is 2.61. The third-order valence-corrected chi connectivity index (χ3v) is 3.34. The highest BCUT2D eigenvalue weighted by molar-refractivity contribution is 6.33. The van der Waals surface area contributed by atoms with Crippen molar-refractivity contribution < 1.29 is 4.79 Å². The Morgan fingerprint density at radius 2 is 1.76 bits per heavy atom. The van der Waals surface area contributed by atoms with Crippen LogP contribution in [0.25, 0.3) is 0 Å². The minimum absolute atomic E-state index is 0.0417. The standard InChI is InChI=1S/C13H17ClN2O/c14-11-7-3-4-8-12(11)15-13(17)16-9-5-1-2-6-10-16/h3-4,7-8H,1-2,5-6,9-10H2,(H,15,17). The summed E-state index contributed by atoms with van der Waals surface area (Å²) in [7, 11) is 0. The third kappa shape index (κ3) is 3.37. The number of amides is 2. The number of carbonyl (C=O) groups is 1. The van der Waals surface area contributed by atoms with E-state index in [-0.39, 0.29) is 6.03 Å². The summed E-state index contributed by atoms with van der Waals surface area (Å²) in [5, 5.41) is 3.44. The molecule has 1 aliphatic rings. The molecule has 0 saturated carbocycles. The summed E-state index contributed by atoms with van der Waals surface area (Å²) in [5.41, 5.74) is 0.684. The summed E-state index contributed by atoms with van der Waals surface area (Å²) in [6, 6.07) is 7.27. The van der Waals surface area contributed by atoms with Gasteiger partial charge in [-0.15, -0.1) is 0 Å². The largest absolute Gasteiger partial charge is 0.325 e. The van der Waals surface area contributed by atoms with Gasteiger partial charge in [-0.3, -0.25) is 0 Å². The van der Waals surface area contributed by atoms with Crippen LogP contribution in [0.15, 0.2) is 24.3 Å². The van der Waals surface area contributed by atoms with E-state index in [1.54, 1.807) is 6.07 Å². The maximum atomic E-state index is 12.0. The molecule has 1 fully saturated rings. The van der Waals surface area contributed by atoms with Crippen molar-refractivity contribution in [3.05, 3.63) is 29.3 Å². The summed E-state index contributed by atoms with van der Waals surface area (Å²) in [6.45, 7) is 1.69. The van der Waals surface area contributed by atoms with E-state index in [1.807, 2.05) is 23.1 Å². The summed E-state index contributed by atoms with van der Waals surface area (Å²) < 4.78 is 0. The summed E-state index contributed by atoms with van der Waals surface area (Å²) in [5.74, 6) is 0. The lowest BCUT2D eigenvalue weighted by Crippen LogP contribution is -2.35. The molecule has 1 saturated heterocycles. The SMILES string of the molecule is O=C(Nc1ccccc1Cl)N1CCCCCC1. The van der Waals surface area contributed by atoms with Gasteiger partial charge >= 0.3 is 6.03 Å². The fourth-order valence-corrected chi connectivity index (χ4v) is 2.21. The van der Waals surface area contributed by atoms with Crippen molar-refractivity contribution in [1.29, 1.82) is 0 Å². The van der Waals surface area contributed by atoms with E-state index in [2.05, 4.69) is 5.32 Å². The van der Waals surface area contributed by atoms with Crippen LogP contribution in [-0.4, -0.2) is 24.0 Å². The first-order chi connectivity index (χ1) is 8.27. The number of likely N-dealkylation sites (tertiary alicyclic amines) is 1. The molecule has 2 rings (SSSR count). The van der Waals surface area contributed by atoms with E-state index >= 15 is 0 Å². The predicted octanol–water partition coefficient (Wildman–Crippen LogP) is 3.75. The summed E-state index contributed by atoms with van der Waals surface area (Å²) in [6.07, 6.45) is 4.62. The number of halogens is 1. The zero-order chi connectivity index (χ0) is 12.1. The number of nitrogens with zero attached hydrogens (tertiary/aromatic N) is 1. The zero-order valence-electron chi connectivity index (χ0n) is 9.79. The van der Waals surface area contributed by atoms with E-state index in [0.717, 1.165) is 25.9 Å². The lowest BCUT2D eigenvalue weighted by Gasteiger charge is -2.21. The zero-order valence-corrected chi connectivity index (χ0v) is 10.5. The topological polar surface area (TPSA) is 32.3 Å². The Morgan fingerprint density at radius 3 is 2.41 bits per heavy atom. The maximum Gasteiger partial charge on any atom is 0.321 e. The molecule has 2 amide bonds. The van der Waals surface area contributed by atoms with Crippen LogP contribution in [-0.2, 0) is 0 Å². The lowest BCUT2D eigenvalue weighted by atomic mass is 10.2. The van der Waals surface area contributed by atoms with Gasteiger partial charge in [0.05, 0.1) is 10.7 Å². The smallest absolute Gasteiger partial charge is 0.321 e. The molecule has 4 heteroatoms. The molecule has 1 N–H and O–H groups in total. The molecule has 0 unspecified atom stereocenters. The van der Waals surface area contributed by atoms with Crippen LogP contribution in [0.3, 0.4) is 0 Å². The van der Waals surface area contributed by atoms with Gasteiger partial charge in [-0.2, -0.15) is 0 Å². The Kier molecular flexibility index (Phi) is 4.26. The van der Waals surface area contributed by atoms with Crippen molar-refractivity contribution in [3.8, 4) is 0 Å². The van der Waals surface area contributed by atoms with E-state index in [4.69, 9.17) is 11.6 Å². The molecule has 1 aliphatic heterocycles. The van der Waals surface area contributed by atoms with Crippen LogP contribution >= 0.6 is 11.6 Å². The average molecular weight is 253 g/mol. The van der Waals surface area contributed by atoms with Crippen molar-refractivity contribution in [2.24, 2.45) is 0 Å². The van der Waals surface area contributed by atoms with Crippen LogP contribution in [0.1, 0.15) is 25.7 Å². The van der Waals surface area contributed by atoms with Crippen LogP contribution in [0.4, 0.5) is 10.5 Å². The number of para-hydroxylation sites is 1. The Bertz CT molecular complexity index is 387. The molecule has 17 heavy (non-hydrogen) atoms. The second-order valence-electron chi connectivity index (χ2n) is 4.31. The number of anilines is 1. The second-order valence-corrected chi connectivity index (χ2v) is 4.72. The fourth-order valence-electron chi connectivity index (χ4n) is 2.03. The molecule has 0 radical (unpaired) electrons. The number of urea groups is 1. The van der Waals surface area contributed by atoms with E-state index in [9.17, 15) is 4.79 Å². The highest BCUT2D eigenvalue weighted by Gasteiger charge is 2.15. The van der Waals surface area contributed by atoms with Crippen molar-refractivity contribution in [2.75, 3.05) is 18.4 Å². The number of hydrogen-bond donors (Lipinski definition) is 1. The van der Waals surface area contributed by atoms with Crippen LogP contribution in [0.5, 0.6) is 0 Å². The monoisotopic (exact) mass is 252 g/mol. The minimum atomic E-state index is -0.0417. The van der Waals surface area contributed by atoms with Crippen LogP contribution in [0.2, 0.25) is 5.02 Å². The molecule has 92 valence electrons. The molecule has 0 aliphatic carbocycles. The van der Waals surface area contributed by atoms with Crippen molar-refractivity contribution in [3.63, 3.8) is 0 Å². The highest BCUT2D eigenvalue weighted by atomic mass is 35.5. The van der Waals surface area contributed by atoms with Gasteiger partial charge in [-0.1, -0.05) is 36.6 Å². The molecular weight excluding hydrogens is 236 g/mol. The third-order valence-electron chi connectivity index (χ3n) is 3.01. The number of nitrogens with one attached hydrogen (secondary N) is 1. The first kappa shape index (κ1) is 12.2. The second kappa shape index (κ2) is 5.92. The highest BCUT2D eigenvalue weighted by Crippen LogP contribution is 2.21. The molecule has 1 aromatic rings. The van der Waals surface area contributed by atoms with Gasteiger partial charge in [0, 0.05) is 13.1 Å². The first-order valence-corrected chi connectivity index (χ1v) is 6.45. The van der Waals surface area contributed by atoms with E-state index in [0.29, 0.717) is 10.7 Å². The van der Waals surface area contributed by atoms with Gasteiger partial charge in [-0.05, 0) is 25.0 Å². The van der Waals surface area contributed by atoms with Crippen molar-refractivity contribution >= 4 is 23.3 Å². The van der Waals surface area contributed by atoms with Gasteiger partial charge < -0.3 is 10.2 Å². The van der Waals surface area contributed by atoms with Gasteiger partial charge in [0.25, 0.3) is 0 Å². The molecule has 0 bridgehead atoms. The van der Waals surface area contributed by atoms with Gasteiger partial charge in [0.15, 0.2) is 0 Å². The molecule has 3 nitrogen and oxygen atoms in total. The fraction of sp³-hybridized carbons (Fsp3) is 0.462. The molecule has 1 aromatic carbocycles. The normalized spacial score (nSPS) is 16.4. The molecule has 0 spiro atoms. The minimum Gasteiger partial charge on any atom is -0.325 e. The predicted molar refractivity (Wildman–Crippen MR) is 70.5 cm³/mol. The number of rotatable bonds is 1. The first-order valence-electron chi connectivity index (χ1n) is 6.08. The van der Waals surface area contributed by atoms with E-state index in [1.165, 1.54) is 12.8 Å². The molecule has 0 atom stereocenters. The molecule has 0 aromatic heterocycles. The Hall–Kier alpha value is -1.22. The van der Waals surface area contributed by atoms with Crippen LogP contribution in [0, 0.1) is 0 Å². The molecule has 1 heterocycles. The number of hydrogen-bond acceptors (Lipinski definition) is 1. The number of carbonyl (C=O) groups excluding carboxylic acids is 1. The Morgan fingerprint density at radius 1 is 1.12 bits per heavy atom. The molecular formula is C13H17ClN2O. The van der Waals surface area contributed by atoms with E-state index < -0.39 is 0 Å². The van der Waals surface area contributed by atoms with Gasteiger partial charge in [0.1, 0.15) is 0 Å². The van der Waals surface area contributed by atoms with Gasteiger partial charge in [0.2, 0.25) is 0 Å². The summed E-state index contributed by atoms with van der Waals surface area (Å²) in [4.78, 5) is 13.9. The Labute approximate surface area is 107 Å². The lowest BCUT2D eigenvalue weighted by molar-refractivity contribution is 0.214. The van der Waals surface area contributed by atoms with Gasteiger partial charge in [-0.25, -0.2) is 4.79 Å². The van der Waals surface area contributed by atoms with Crippen LogP contribution < -0.4 is 5.32 Å². The van der Waals surface area contributed by atoms with Crippen molar-refractivity contribution in [1.82, 2.24) is 4.90 Å².